The molecule has 1 saturated heterocycles. The van der Waals surface area contributed by atoms with Crippen LogP contribution in [0, 0.1) is 0 Å². The summed E-state index contributed by atoms with van der Waals surface area (Å²) in [6.45, 7) is 7.17. The molecule has 4 heteroatoms. The van der Waals surface area contributed by atoms with Crippen molar-refractivity contribution in [2.45, 2.75) is 51.3 Å². The average Bonchev–Trinajstić information content (AvgIpc) is 3.01. The van der Waals surface area contributed by atoms with E-state index in [0.717, 1.165) is 37.6 Å². The van der Waals surface area contributed by atoms with E-state index in [0.29, 0.717) is 6.10 Å². The van der Waals surface area contributed by atoms with Crippen molar-refractivity contribution >= 4 is 11.6 Å². The van der Waals surface area contributed by atoms with Crippen molar-refractivity contribution in [3.63, 3.8) is 0 Å². The molecule has 0 saturated carbocycles. The van der Waals surface area contributed by atoms with Gasteiger partial charge in [-0.2, -0.15) is 0 Å². The molecule has 3 nitrogen and oxygen atoms in total. The minimum atomic E-state index is 0.118. The Morgan fingerprint density at radius 3 is 2.57 bits per heavy atom. The first-order valence-electron chi connectivity index (χ1n) is 8.02. The van der Waals surface area contributed by atoms with E-state index >= 15 is 0 Å². The lowest BCUT2D eigenvalue weighted by Crippen LogP contribution is -2.44. The number of hydrogen-bond acceptors (Lipinski definition) is 3. The summed E-state index contributed by atoms with van der Waals surface area (Å²) < 4.78 is 5.80. The highest BCUT2D eigenvalue weighted by Crippen LogP contribution is 2.28. The summed E-state index contributed by atoms with van der Waals surface area (Å²) >= 11 is 6.02. The van der Waals surface area contributed by atoms with Crippen LogP contribution in [-0.4, -0.2) is 36.7 Å². The highest BCUT2D eigenvalue weighted by atomic mass is 35.5. The maximum Gasteiger partial charge on any atom is 0.0703 e. The van der Waals surface area contributed by atoms with Crippen molar-refractivity contribution in [1.29, 1.82) is 0 Å². The van der Waals surface area contributed by atoms with E-state index in [2.05, 4.69) is 30.9 Å². The topological polar surface area (TPSA) is 38.5 Å². The zero-order chi connectivity index (χ0) is 15.2. The third-order valence-electron chi connectivity index (χ3n) is 4.35. The molecule has 3 unspecified atom stereocenters. The Morgan fingerprint density at radius 1 is 1.33 bits per heavy atom. The molecule has 2 N–H and O–H groups in total. The molecular weight excluding hydrogens is 284 g/mol. The van der Waals surface area contributed by atoms with Crippen molar-refractivity contribution in [2.75, 3.05) is 19.7 Å². The number of likely N-dealkylation sites (N-methyl/N-ethyl adjacent to an activating group) is 1. The fourth-order valence-corrected chi connectivity index (χ4v) is 3.23. The molecule has 0 radical (unpaired) electrons. The Morgan fingerprint density at radius 2 is 2.05 bits per heavy atom. The van der Waals surface area contributed by atoms with Gasteiger partial charge in [-0.25, -0.2) is 0 Å². The van der Waals surface area contributed by atoms with Gasteiger partial charge in [-0.05, 0) is 43.5 Å². The standard InChI is InChI=1S/C17H27ClN2O/c1-3-16(19)17(13-7-9-14(18)10-8-13)20(4-2)12-15-6-5-11-21-15/h7-10,15-17H,3-6,11-12,19H2,1-2H3. The molecule has 1 heterocycles. The lowest BCUT2D eigenvalue weighted by molar-refractivity contribution is 0.0531. The van der Waals surface area contributed by atoms with Crippen LogP contribution in [-0.2, 0) is 4.74 Å². The smallest absolute Gasteiger partial charge is 0.0703 e. The van der Waals surface area contributed by atoms with Gasteiger partial charge in [-0.15, -0.1) is 0 Å². The molecule has 118 valence electrons. The van der Waals surface area contributed by atoms with Gasteiger partial charge in [0.2, 0.25) is 0 Å². The second-order valence-corrected chi connectivity index (χ2v) is 6.23. The average molecular weight is 311 g/mol. The molecule has 1 aromatic rings. The van der Waals surface area contributed by atoms with Gasteiger partial charge in [0, 0.05) is 30.3 Å². The van der Waals surface area contributed by atoms with Crippen LogP contribution >= 0.6 is 11.6 Å². The zero-order valence-corrected chi connectivity index (χ0v) is 13.9. The molecule has 0 bridgehead atoms. The van der Waals surface area contributed by atoms with Crippen LogP contribution in [0.15, 0.2) is 24.3 Å². The Bertz CT molecular complexity index is 417. The molecule has 0 spiro atoms. The molecule has 1 aliphatic rings. The van der Waals surface area contributed by atoms with Crippen LogP contribution < -0.4 is 5.73 Å². The minimum absolute atomic E-state index is 0.118. The number of hydrogen-bond donors (Lipinski definition) is 1. The summed E-state index contributed by atoms with van der Waals surface area (Å²) in [7, 11) is 0. The Hall–Kier alpha value is -0.610. The molecule has 3 atom stereocenters. The number of nitrogens with two attached hydrogens (primary N) is 1. The van der Waals surface area contributed by atoms with E-state index in [9.17, 15) is 0 Å². The first kappa shape index (κ1) is 16.8. The highest BCUT2D eigenvalue weighted by molar-refractivity contribution is 6.30. The summed E-state index contributed by atoms with van der Waals surface area (Å²) in [6.07, 6.45) is 3.64. The van der Waals surface area contributed by atoms with E-state index in [1.165, 1.54) is 12.0 Å². The summed E-state index contributed by atoms with van der Waals surface area (Å²) in [5.41, 5.74) is 7.67. The fraction of sp³-hybridized carbons (Fsp3) is 0.647. The van der Waals surface area contributed by atoms with Crippen LogP contribution in [0.3, 0.4) is 0 Å². The zero-order valence-electron chi connectivity index (χ0n) is 13.1. The molecular formula is C17H27ClN2O. The second kappa shape index (κ2) is 8.14. The number of ether oxygens (including phenoxy) is 1. The van der Waals surface area contributed by atoms with Gasteiger partial charge >= 0.3 is 0 Å². The second-order valence-electron chi connectivity index (χ2n) is 5.79. The molecule has 0 aromatic heterocycles. The third kappa shape index (κ3) is 4.43. The molecule has 1 aliphatic heterocycles. The van der Waals surface area contributed by atoms with Gasteiger partial charge in [-0.3, -0.25) is 4.90 Å². The molecule has 0 amide bonds. The van der Waals surface area contributed by atoms with E-state index in [4.69, 9.17) is 22.1 Å². The predicted octanol–water partition coefficient (Wildman–Crippen LogP) is 3.62. The number of halogens is 1. The normalized spacial score (nSPS) is 21.7. The van der Waals surface area contributed by atoms with Crippen molar-refractivity contribution in [1.82, 2.24) is 4.90 Å². The van der Waals surface area contributed by atoms with Gasteiger partial charge in [0.05, 0.1) is 6.10 Å². The van der Waals surface area contributed by atoms with E-state index in [-0.39, 0.29) is 12.1 Å². The Balaban J connectivity index is 2.17. The van der Waals surface area contributed by atoms with Gasteiger partial charge in [0.25, 0.3) is 0 Å². The fourth-order valence-electron chi connectivity index (χ4n) is 3.10. The lowest BCUT2D eigenvalue weighted by Gasteiger charge is -2.36. The molecule has 1 fully saturated rings. The molecule has 21 heavy (non-hydrogen) atoms. The molecule has 1 aromatic carbocycles. The summed E-state index contributed by atoms with van der Waals surface area (Å²) in [5, 5.41) is 0.768. The first-order valence-corrected chi connectivity index (χ1v) is 8.40. The van der Waals surface area contributed by atoms with Gasteiger partial charge in [-0.1, -0.05) is 37.6 Å². The monoisotopic (exact) mass is 310 g/mol. The summed E-state index contributed by atoms with van der Waals surface area (Å²) in [5.74, 6) is 0. The SMILES string of the molecule is CCC(N)C(c1ccc(Cl)cc1)N(CC)CC1CCCO1. The van der Waals surface area contributed by atoms with Crippen LogP contribution in [0.4, 0.5) is 0 Å². The number of nitrogens with zero attached hydrogens (tertiary/aromatic N) is 1. The van der Waals surface area contributed by atoms with Gasteiger partial charge in [0.15, 0.2) is 0 Å². The molecule has 0 aliphatic carbocycles. The predicted molar refractivity (Wildman–Crippen MR) is 88.7 cm³/mol. The largest absolute Gasteiger partial charge is 0.377 e. The first-order chi connectivity index (χ1) is 10.2. The van der Waals surface area contributed by atoms with Crippen LogP contribution in [0.1, 0.15) is 44.7 Å². The van der Waals surface area contributed by atoms with Crippen LogP contribution in [0.25, 0.3) is 0 Å². The minimum Gasteiger partial charge on any atom is -0.377 e. The highest BCUT2D eigenvalue weighted by Gasteiger charge is 2.28. The number of benzene rings is 1. The Kier molecular flexibility index (Phi) is 6.49. The Labute approximate surface area is 133 Å². The van der Waals surface area contributed by atoms with Crippen LogP contribution in [0.2, 0.25) is 5.02 Å². The van der Waals surface area contributed by atoms with Crippen LogP contribution in [0.5, 0.6) is 0 Å². The van der Waals surface area contributed by atoms with Crippen molar-refractivity contribution in [2.24, 2.45) is 5.73 Å². The summed E-state index contributed by atoms with van der Waals surface area (Å²) in [6, 6.07) is 8.44. The third-order valence-corrected chi connectivity index (χ3v) is 4.60. The molecule has 2 rings (SSSR count). The van der Waals surface area contributed by atoms with Gasteiger partial charge < -0.3 is 10.5 Å². The van der Waals surface area contributed by atoms with E-state index in [1.807, 2.05) is 12.1 Å². The van der Waals surface area contributed by atoms with Gasteiger partial charge in [0.1, 0.15) is 0 Å². The maximum absolute atomic E-state index is 6.42. The maximum atomic E-state index is 6.42. The quantitative estimate of drug-likeness (QED) is 0.836. The van der Waals surface area contributed by atoms with E-state index in [1.54, 1.807) is 0 Å². The van der Waals surface area contributed by atoms with Crippen molar-refractivity contribution in [3.05, 3.63) is 34.9 Å². The summed E-state index contributed by atoms with van der Waals surface area (Å²) in [4.78, 5) is 2.45. The van der Waals surface area contributed by atoms with Crippen molar-refractivity contribution < 1.29 is 4.74 Å². The van der Waals surface area contributed by atoms with Crippen molar-refractivity contribution in [3.8, 4) is 0 Å². The van der Waals surface area contributed by atoms with E-state index < -0.39 is 0 Å². The number of rotatable bonds is 7. The lowest BCUT2D eigenvalue weighted by atomic mass is 9.95.